The molecule has 8 heteroatoms. The molecule has 2 amide bonds. The fraction of sp³-hybridized carbons (Fsp3) is 0.444. The van der Waals surface area contributed by atoms with Crippen LogP contribution in [0, 0.1) is 5.92 Å². The van der Waals surface area contributed by atoms with E-state index in [1.54, 1.807) is 29.2 Å². The molecular formula is C18H21ClN4O2S. The highest BCUT2D eigenvalue weighted by molar-refractivity contribution is 7.15. The summed E-state index contributed by atoms with van der Waals surface area (Å²) in [7, 11) is 0. The summed E-state index contributed by atoms with van der Waals surface area (Å²) in [5.41, 5.74) is 0.751. The molecular weight excluding hydrogens is 372 g/mol. The molecule has 0 spiro atoms. The van der Waals surface area contributed by atoms with E-state index in [1.807, 2.05) is 0 Å². The van der Waals surface area contributed by atoms with Crippen LogP contribution >= 0.6 is 22.9 Å². The highest BCUT2D eigenvalue weighted by atomic mass is 35.5. The van der Waals surface area contributed by atoms with E-state index in [1.165, 1.54) is 11.3 Å². The van der Waals surface area contributed by atoms with E-state index in [2.05, 4.69) is 29.4 Å². The zero-order valence-electron chi connectivity index (χ0n) is 14.7. The lowest BCUT2D eigenvalue weighted by molar-refractivity contribution is -0.122. The van der Waals surface area contributed by atoms with E-state index in [4.69, 9.17) is 11.6 Å². The minimum atomic E-state index is -0.404. The molecule has 2 atom stereocenters. The van der Waals surface area contributed by atoms with Crippen LogP contribution in [0.4, 0.5) is 10.8 Å². The van der Waals surface area contributed by atoms with Gasteiger partial charge in [-0.25, -0.2) is 0 Å². The molecule has 1 aliphatic heterocycles. The summed E-state index contributed by atoms with van der Waals surface area (Å²) in [6.07, 6.45) is 2.30. The molecule has 1 saturated heterocycles. The first-order valence-electron chi connectivity index (χ1n) is 8.68. The van der Waals surface area contributed by atoms with Gasteiger partial charge >= 0.3 is 0 Å². The van der Waals surface area contributed by atoms with Gasteiger partial charge in [0, 0.05) is 29.6 Å². The Bertz CT molecular complexity index is 793. The van der Waals surface area contributed by atoms with Crippen LogP contribution in [0.2, 0.25) is 5.02 Å². The molecule has 0 saturated carbocycles. The molecule has 1 aromatic carbocycles. The number of nitrogens with zero attached hydrogens (tertiary/aromatic N) is 3. The second-order valence-electron chi connectivity index (χ2n) is 6.51. The lowest BCUT2D eigenvalue weighted by atomic mass is 10.1. The van der Waals surface area contributed by atoms with Crippen LogP contribution in [-0.4, -0.2) is 28.6 Å². The van der Waals surface area contributed by atoms with Gasteiger partial charge in [0.2, 0.25) is 16.9 Å². The Morgan fingerprint density at radius 3 is 2.81 bits per heavy atom. The molecule has 0 radical (unpaired) electrons. The van der Waals surface area contributed by atoms with Crippen LogP contribution in [0.25, 0.3) is 0 Å². The van der Waals surface area contributed by atoms with E-state index in [-0.39, 0.29) is 18.2 Å². The van der Waals surface area contributed by atoms with Crippen molar-refractivity contribution < 1.29 is 9.59 Å². The van der Waals surface area contributed by atoms with E-state index in [0.717, 1.165) is 23.5 Å². The smallest absolute Gasteiger partial charge is 0.231 e. The van der Waals surface area contributed by atoms with Gasteiger partial charge in [0.15, 0.2) is 0 Å². The first-order chi connectivity index (χ1) is 12.5. The van der Waals surface area contributed by atoms with Gasteiger partial charge in [0.05, 0.1) is 5.92 Å². The van der Waals surface area contributed by atoms with Crippen molar-refractivity contribution in [1.82, 2.24) is 10.2 Å². The van der Waals surface area contributed by atoms with E-state index >= 15 is 0 Å². The third kappa shape index (κ3) is 4.22. The first-order valence-corrected chi connectivity index (χ1v) is 9.87. The number of benzene rings is 1. The van der Waals surface area contributed by atoms with Crippen molar-refractivity contribution in [2.75, 3.05) is 16.8 Å². The zero-order chi connectivity index (χ0) is 18.7. The van der Waals surface area contributed by atoms with Gasteiger partial charge in [0.25, 0.3) is 0 Å². The molecule has 1 N–H and O–H groups in total. The number of amides is 2. The number of carbonyl (C=O) groups is 2. The Hall–Kier alpha value is -1.99. The number of rotatable bonds is 6. The van der Waals surface area contributed by atoms with Crippen LogP contribution in [0.15, 0.2) is 24.3 Å². The van der Waals surface area contributed by atoms with E-state index < -0.39 is 5.92 Å². The highest BCUT2D eigenvalue weighted by Crippen LogP contribution is 2.29. The Balaban J connectivity index is 1.62. The standard InChI is InChI=1S/C18H21ClN4O2S/c1-3-4-11(2)17-21-22-18(26-17)20-16(25)12-9-15(24)23(10-12)14-7-5-13(19)6-8-14/h5-8,11-12H,3-4,9-10H2,1-2H3,(H,20,22,25)/t11-,12-/m1/s1. The van der Waals surface area contributed by atoms with Crippen molar-refractivity contribution in [2.45, 2.75) is 39.0 Å². The summed E-state index contributed by atoms with van der Waals surface area (Å²) >= 11 is 7.29. The van der Waals surface area contributed by atoms with Crippen LogP contribution in [-0.2, 0) is 9.59 Å². The van der Waals surface area contributed by atoms with Crippen molar-refractivity contribution in [2.24, 2.45) is 5.92 Å². The maximum absolute atomic E-state index is 12.5. The van der Waals surface area contributed by atoms with Gasteiger partial charge in [-0.05, 0) is 30.7 Å². The van der Waals surface area contributed by atoms with Gasteiger partial charge in [-0.15, -0.1) is 10.2 Å². The summed E-state index contributed by atoms with van der Waals surface area (Å²) in [5.74, 6) is -0.335. The SMILES string of the molecule is CCC[C@@H](C)c1nnc(NC(=O)[C@@H]2CC(=O)N(c3ccc(Cl)cc3)C2)s1. The molecule has 0 aliphatic carbocycles. The monoisotopic (exact) mass is 392 g/mol. The van der Waals surface area contributed by atoms with E-state index in [9.17, 15) is 9.59 Å². The molecule has 2 aromatic rings. The maximum atomic E-state index is 12.5. The van der Waals surface area contributed by atoms with Crippen LogP contribution in [0.1, 0.15) is 44.0 Å². The number of anilines is 2. The molecule has 3 rings (SSSR count). The fourth-order valence-corrected chi connectivity index (χ4v) is 3.96. The third-order valence-corrected chi connectivity index (χ3v) is 5.77. The predicted molar refractivity (Wildman–Crippen MR) is 104 cm³/mol. The van der Waals surface area contributed by atoms with Crippen LogP contribution in [0.3, 0.4) is 0 Å². The quantitative estimate of drug-likeness (QED) is 0.803. The summed E-state index contributed by atoms with van der Waals surface area (Å²) in [5, 5.41) is 13.1. The topological polar surface area (TPSA) is 75.2 Å². The fourth-order valence-electron chi connectivity index (χ4n) is 3.00. The third-order valence-electron chi connectivity index (χ3n) is 4.45. The van der Waals surface area contributed by atoms with Crippen molar-refractivity contribution in [3.05, 3.63) is 34.3 Å². The molecule has 0 bridgehead atoms. The summed E-state index contributed by atoms with van der Waals surface area (Å²) in [4.78, 5) is 26.4. The summed E-state index contributed by atoms with van der Waals surface area (Å²) in [6, 6.07) is 7.04. The summed E-state index contributed by atoms with van der Waals surface area (Å²) < 4.78 is 0. The Labute approximate surface area is 161 Å². The highest BCUT2D eigenvalue weighted by Gasteiger charge is 2.35. The van der Waals surface area contributed by atoms with Crippen molar-refractivity contribution in [1.29, 1.82) is 0 Å². The lowest BCUT2D eigenvalue weighted by Gasteiger charge is -2.16. The Kier molecular flexibility index (Phi) is 5.88. The predicted octanol–water partition coefficient (Wildman–Crippen LogP) is 4.09. The Morgan fingerprint density at radius 2 is 2.12 bits per heavy atom. The molecule has 138 valence electrons. The molecule has 2 heterocycles. The number of hydrogen-bond donors (Lipinski definition) is 1. The number of hydrogen-bond acceptors (Lipinski definition) is 5. The largest absolute Gasteiger partial charge is 0.312 e. The molecule has 1 fully saturated rings. The average molecular weight is 393 g/mol. The molecule has 26 heavy (non-hydrogen) atoms. The van der Waals surface area contributed by atoms with Crippen molar-refractivity contribution >= 4 is 45.6 Å². The van der Waals surface area contributed by atoms with Crippen LogP contribution in [0.5, 0.6) is 0 Å². The van der Waals surface area contributed by atoms with Gasteiger partial charge < -0.3 is 10.2 Å². The normalized spacial score (nSPS) is 18.2. The zero-order valence-corrected chi connectivity index (χ0v) is 16.3. The number of aromatic nitrogens is 2. The molecule has 0 unspecified atom stereocenters. The van der Waals surface area contributed by atoms with E-state index in [0.29, 0.717) is 22.6 Å². The van der Waals surface area contributed by atoms with Gasteiger partial charge in [-0.3, -0.25) is 9.59 Å². The Morgan fingerprint density at radius 1 is 1.38 bits per heavy atom. The van der Waals surface area contributed by atoms with Gasteiger partial charge in [-0.1, -0.05) is 43.2 Å². The minimum Gasteiger partial charge on any atom is -0.312 e. The minimum absolute atomic E-state index is 0.0676. The molecule has 1 aliphatic rings. The second-order valence-corrected chi connectivity index (χ2v) is 7.95. The summed E-state index contributed by atoms with van der Waals surface area (Å²) in [6.45, 7) is 4.59. The van der Waals surface area contributed by atoms with Gasteiger partial charge in [0.1, 0.15) is 5.01 Å². The number of carbonyl (C=O) groups excluding carboxylic acids is 2. The van der Waals surface area contributed by atoms with Crippen molar-refractivity contribution in [3.63, 3.8) is 0 Å². The van der Waals surface area contributed by atoms with Gasteiger partial charge in [-0.2, -0.15) is 0 Å². The van der Waals surface area contributed by atoms with Crippen molar-refractivity contribution in [3.8, 4) is 0 Å². The maximum Gasteiger partial charge on any atom is 0.231 e. The lowest BCUT2D eigenvalue weighted by Crippen LogP contribution is -2.28. The number of halogens is 1. The number of nitrogens with one attached hydrogen (secondary N) is 1. The molecule has 6 nitrogen and oxygen atoms in total. The first kappa shape index (κ1) is 18.8. The average Bonchev–Trinajstić information content (AvgIpc) is 3.23. The second kappa shape index (κ2) is 8.14. The molecule has 1 aromatic heterocycles. The van der Waals surface area contributed by atoms with Crippen LogP contribution < -0.4 is 10.2 Å².